The molecule has 0 amide bonds. The van der Waals surface area contributed by atoms with E-state index in [1.54, 1.807) is 11.3 Å². The number of hydrogen-bond acceptors (Lipinski definition) is 4. The fourth-order valence-corrected chi connectivity index (χ4v) is 3.04. The number of fused-ring (bicyclic) bond motifs is 1. The molecule has 0 aliphatic carbocycles. The van der Waals surface area contributed by atoms with Crippen LogP contribution < -0.4 is 0 Å². The minimum atomic E-state index is -0.333. The molecule has 92 valence electrons. The Morgan fingerprint density at radius 2 is 2.59 bits per heavy atom. The van der Waals surface area contributed by atoms with E-state index < -0.39 is 0 Å². The summed E-state index contributed by atoms with van der Waals surface area (Å²) in [5.74, 6) is 0.267. The molecule has 17 heavy (non-hydrogen) atoms. The van der Waals surface area contributed by atoms with Gasteiger partial charge in [-0.3, -0.25) is 4.40 Å². The van der Waals surface area contributed by atoms with Crippen LogP contribution in [0.25, 0.3) is 4.96 Å². The van der Waals surface area contributed by atoms with E-state index in [0.717, 1.165) is 30.1 Å². The van der Waals surface area contributed by atoms with E-state index in [-0.39, 0.29) is 12.0 Å². The molecule has 4 nitrogen and oxygen atoms in total. The van der Waals surface area contributed by atoms with Crippen LogP contribution in [-0.2, 0) is 11.2 Å². The third-order valence-electron chi connectivity index (χ3n) is 3.30. The van der Waals surface area contributed by atoms with Gasteiger partial charge in [-0.2, -0.15) is 0 Å². The predicted molar refractivity (Wildman–Crippen MR) is 66.3 cm³/mol. The molecule has 2 aromatic rings. The van der Waals surface area contributed by atoms with E-state index in [1.807, 2.05) is 22.2 Å². The Hall–Kier alpha value is -0.910. The summed E-state index contributed by atoms with van der Waals surface area (Å²) in [6.07, 6.45) is 6.40. The smallest absolute Gasteiger partial charge is 0.193 e. The Labute approximate surface area is 104 Å². The lowest BCUT2D eigenvalue weighted by Gasteiger charge is -2.26. The third kappa shape index (κ3) is 2.36. The van der Waals surface area contributed by atoms with Gasteiger partial charge in [-0.1, -0.05) is 0 Å². The van der Waals surface area contributed by atoms with E-state index in [4.69, 9.17) is 4.74 Å². The standard InChI is InChI=1S/C12H16N2O2S/c15-11(9-2-1-4-16-8-9)6-10-7-14-3-5-17-12(14)13-10/h3,5,7,9,11,15H,1-2,4,6,8H2. The van der Waals surface area contributed by atoms with Crippen molar-refractivity contribution in [2.75, 3.05) is 13.2 Å². The number of rotatable bonds is 3. The summed E-state index contributed by atoms with van der Waals surface area (Å²) in [5, 5.41) is 12.2. The number of aromatic nitrogens is 2. The Kier molecular flexibility index (Phi) is 3.13. The van der Waals surface area contributed by atoms with Gasteiger partial charge in [0.05, 0.1) is 18.4 Å². The van der Waals surface area contributed by atoms with Gasteiger partial charge in [0.1, 0.15) is 0 Å². The summed E-state index contributed by atoms with van der Waals surface area (Å²) in [5.41, 5.74) is 0.968. The van der Waals surface area contributed by atoms with Crippen LogP contribution in [0.3, 0.4) is 0 Å². The van der Waals surface area contributed by atoms with E-state index >= 15 is 0 Å². The molecule has 3 rings (SSSR count). The molecule has 1 aliphatic heterocycles. The van der Waals surface area contributed by atoms with Gasteiger partial charge >= 0.3 is 0 Å². The van der Waals surface area contributed by atoms with E-state index in [9.17, 15) is 5.11 Å². The lowest BCUT2D eigenvalue weighted by atomic mass is 9.93. The molecule has 0 radical (unpaired) electrons. The van der Waals surface area contributed by atoms with Crippen LogP contribution in [0.5, 0.6) is 0 Å². The average molecular weight is 252 g/mol. The van der Waals surface area contributed by atoms with Crippen molar-refractivity contribution >= 4 is 16.3 Å². The van der Waals surface area contributed by atoms with Crippen molar-refractivity contribution in [1.82, 2.24) is 9.38 Å². The number of imidazole rings is 1. The fourth-order valence-electron chi connectivity index (χ4n) is 2.32. The molecule has 0 bridgehead atoms. The molecule has 0 saturated carbocycles. The van der Waals surface area contributed by atoms with Gasteiger partial charge in [-0.25, -0.2) is 4.98 Å². The molecule has 2 atom stereocenters. The van der Waals surface area contributed by atoms with Gasteiger partial charge in [0.25, 0.3) is 0 Å². The lowest BCUT2D eigenvalue weighted by molar-refractivity contribution is -0.00874. The molecule has 1 aliphatic rings. The third-order valence-corrected chi connectivity index (χ3v) is 4.07. The predicted octanol–water partition coefficient (Wildman–Crippen LogP) is 1.73. The van der Waals surface area contributed by atoms with E-state index in [2.05, 4.69) is 4.98 Å². The zero-order valence-electron chi connectivity index (χ0n) is 9.58. The molecule has 1 fully saturated rings. The average Bonchev–Trinajstić information content (AvgIpc) is 2.90. The lowest BCUT2D eigenvalue weighted by Crippen LogP contribution is -2.30. The van der Waals surface area contributed by atoms with Crippen molar-refractivity contribution in [1.29, 1.82) is 0 Å². The molecule has 1 N–H and O–H groups in total. The van der Waals surface area contributed by atoms with Gasteiger partial charge in [-0.05, 0) is 12.8 Å². The van der Waals surface area contributed by atoms with Crippen LogP contribution in [0.4, 0.5) is 0 Å². The number of ether oxygens (including phenoxy) is 1. The highest BCUT2D eigenvalue weighted by Gasteiger charge is 2.23. The van der Waals surface area contributed by atoms with Crippen LogP contribution >= 0.6 is 11.3 Å². The maximum Gasteiger partial charge on any atom is 0.193 e. The van der Waals surface area contributed by atoms with E-state index in [0.29, 0.717) is 13.0 Å². The Balaban J connectivity index is 1.67. The maximum absolute atomic E-state index is 10.2. The second-order valence-electron chi connectivity index (χ2n) is 4.57. The minimum Gasteiger partial charge on any atom is -0.392 e. The summed E-state index contributed by atoms with van der Waals surface area (Å²) in [7, 11) is 0. The fraction of sp³-hybridized carbons (Fsp3) is 0.583. The summed E-state index contributed by atoms with van der Waals surface area (Å²) in [6, 6.07) is 0. The number of nitrogens with zero attached hydrogens (tertiary/aromatic N) is 2. The first kappa shape index (κ1) is 11.2. The number of aliphatic hydroxyl groups is 1. The highest BCUT2D eigenvalue weighted by Crippen LogP contribution is 2.21. The van der Waals surface area contributed by atoms with E-state index in [1.165, 1.54) is 0 Å². The molecular formula is C12H16N2O2S. The number of aliphatic hydroxyl groups excluding tert-OH is 1. The second-order valence-corrected chi connectivity index (χ2v) is 5.45. The largest absolute Gasteiger partial charge is 0.392 e. The summed E-state index contributed by atoms with van der Waals surface area (Å²) in [4.78, 5) is 5.48. The van der Waals surface area contributed by atoms with Crippen LogP contribution in [0.2, 0.25) is 0 Å². The highest BCUT2D eigenvalue weighted by atomic mass is 32.1. The van der Waals surface area contributed by atoms with Crippen molar-refractivity contribution in [3.63, 3.8) is 0 Å². The molecule has 2 unspecified atom stereocenters. The Morgan fingerprint density at radius 1 is 1.65 bits per heavy atom. The van der Waals surface area contributed by atoms with Gasteiger partial charge < -0.3 is 9.84 Å². The number of thiazole rings is 1. The van der Waals surface area contributed by atoms with Crippen LogP contribution in [0, 0.1) is 5.92 Å². The first-order valence-corrected chi connectivity index (χ1v) is 6.88. The van der Waals surface area contributed by atoms with Crippen molar-refractivity contribution < 1.29 is 9.84 Å². The maximum atomic E-state index is 10.2. The molecule has 0 aromatic carbocycles. The van der Waals surface area contributed by atoms with Gasteiger partial charge in [0, 0.05) is 36.7 Å². The molecule has 2 aromatic heterocycles. The van der Waals surface area contributed by atoms with Gasteiger partial charge in [-0.15, -0.1) is 11.3 Å². The van der Waals surface area contributed by atoms with Crippen molar-refractivity contribution in [3.8, 4) is 0 Å². The summed E-state index contributed by atoms with van der Waals surface area (Å²) >= 11 is 1.62. The Morgan fingerprint density at radius 3 is 3.35 bits per heavy atom. The SMILES string of the molecule is OC(Cc1cn2ccsc2n1)C1CCCOC1. The van der Waals surface area contributed by atoms with Crippen LogP contribution in [-0.4, -0.2) is 33.8 Å². The van der Waals surface area contributed by atoms with Crippen molar-refractivity contribution in [2.45, 2.75) is 25.4 Å². The summed E-state index contributed by atoms with van der Waals surface area (Å²) < 4.78 is 7.41. The molecule has 3 heterocycles. The molecule has 1 saturated heterocycles. The second kappa shape index (κ2) is 4.76. The normalized spacial score (nSPS) is 23.0. The summed E-state index contributed by atoms with van der Waals surface area (Å²) in [6.45, 7) is 1.52. The van der Waals surface area contributed by atoms with Gasteiger partial charge in [0.15, 0.2) is 4.96 Å². The zero-order chi connectivity index (χ0) is 11.7. The van der Waals surface area contributed by atoms with Crippen LogP contribution in [0.15, 0.2) is 17.8 Å². The van der Waals surface area contributed by atoms with Gasteiger partial charge in [0.2, 0.25) is 0 Å². The first-order valence-electron chi connectivity index (χ1n) is 6.00. The monoisotopic (exact) mass is 252 g/mol. The molecular weight excluding hydrogens is 236 g/mol. The first-order chi connectivity index (χ1) is 8.33. The van der Waals surface area contributed by atoms with Crippen molar-refractivity contribution in [2.24, 2.45) is 5.92 Å². The van der Waals surface area contributed by atoms with Crippen molar-refractivity contribution in [3.05, 3.63) is 23.5 Å². The molecule has 5 heteroatoms. The quantitative estimate of drug-likeness (QED) is 0.905. The minimum absolute atomic E-state index is 0.267. The number of hydrogen-bond donors (Lipinski definition) is 1. The van der Waals surface area contributed by atoms with Crippen LogP contribution in [0.1, 0.15) is 18.5 Å². The molecule has 0 spiro atoms. The topological polar surface area (TPSA) is 46.8 Å². The highest BCUT2D eigenvalue weighted by molar-refractivity contribution is 7.15. The Bertz CT molecular complexity index is 459. The zero-order valence-corrected chi connectivity index (χ0v) is 10.4.